The first kappa shape index (κ1) is 21.5. The maximum Gasteiger partial charge on any atom is 0.243 e. The van der Waals surface area contributed by atoms with Gasteiger partial charge in [0.2, 0.25) is 5.91 Å². The van der Waals surface area contributed by atoms with Crippen molar-refractivity contribution in [1.82, 2.24) is 15.1 Å². The number of likely N-dealkylation sites (tertiary alicyclic amines) is 1. The van der Waals surface area contributed by atoms with E-state index in [1.54, 1.807) is 19.0 Å². The summed E-state index contributed by atoms with van der Waals surface area (Å²) in [4.78, 5) is 20.2. The minimum absolute atomic E-state index is 0. The van der Waals surface area contributed by atoms with E-state index in [0.717, 1.165) is 31.9 Å². The summed E-state index contributed by atoms with van der Waals surface area (Å²) < 4.78 is 0. The van der Waals surface area contributed by atoms with E-state index in [0.29, 0.717) is 0 Å². The molecule has 1 heterocycles. The number of guanidine groups is 1. The molecule has 5 nitrogen and oxygen atoms in total. The highest BCUT2D eigenvalue weighted by Crippen LogP contribution is 2.46. The predicted octanol–water partition coefficient (Wildman–Crippen LogP) is 2.56. The molecule has 0 bridgehead atoms. The molecule has 0 radical (unpaired) electrons. The quantitative estimate of drug-likeness (QED) is 0.320. The molecule has 0 aromatic heterocycles. The number of rotatable bonds is 5. The van der Waals surface area contributed by atoms with E-state index >= 15 is 0 Å². The Morgan fingerprint density at radius 3 is 2.27 bits per heavy atom. The average Bonchev–Trinajstić information content (AvgIpc) is 2.40. The van der Waals surface area contributed by atoms with Crippen LogP contribution in [0.2, 0.25) is 0 Å². The number of amides is 1. The molecule has 0 aliphatic carbocycles. The molecule has 0 spiro atoms. The predicted molar refractivity (Wildman–Crippen MR) is 104 cm³/mol. The summed E-state index contributed by atoms with van der Waals surface area (Å²) in [6.45, 7) is 13.3. The Morgan fingerprint density at radius 2 is 1.86 bits per heavy atom. The lowest BCUT2D eigenvalue weighted by Gasteiger charge is -2.62. The topological polar surface area (TPSA) is 47.9 Å². The number of likely N-dealkylation sites (N-methyl/N-ethyl adjacent to an activating group) is 1. The van der Waals surface area contributed by atoms with Crippen molar-refractivity contribution in [2.45, 2.75) is 53.0 Å². The van der Waals surface area contributed by atoms with Gasteiger partial charge in [0.1, 0.15) is 6.54 Å². The lowest BCUT2D eigenvalue weighted by molar-refractivity contribution is -0.127. The van der Waals surface area contributed by atoms with Gasteiger partial charge in [-0.05, 0) is 20.3 Å². The number of nitrogens with zero attached hydrogens (tertiary/aromatic N) is 3. The van der Waals surface area contributed by atoms with Gasteiger partial charge in [0, 0.05) is 38.1 Å². The van der Waals surface area contributed by atoms with Crippen LogP contribution in [0.3, 0.4) is 0 Å². The number of unbranched alkanes of at least 4 members (excludes halogenated alkanes) is 1. The summed E-state index contributed by atoms with van der Waals surface area (Å²) in [5, 5.41) is 3.42. The number of hydrogen-bond donors (Lipinski definition) is 1. The van der Waals surface area contributed by atoms with E-state index in [-0.39, 0.29) is 47.4 Å². The van der Waals surface area contributed by atoms with Gasteiger partial charge in [-0.3, -0.25) is 4.79 Å². The van der Waals surface area contributed by atoms with Gasteiger partial charge in [0.15, 0.2) is 5.96 Å². The molecule has 1 saturated heterocycles. The van der Waals surface area contributed by atoms with Crippen molar-refractivity contribution in [2.75, 3.05) is 33.7 Å². The van der Waals surface area contributed by atoms with E-state index in [4.69, 9.17) is 0 Å². The fourth-order valence-corrected chi connectivity index (χ4v) is 2.30. The zero-order chi connectivity index (χ0) is 16.3. The number of aliphatic imine (C=N–C) groups is 1. The van der Waals surface area contributed by atoms with Crippen LogP contribution in [0.15, 0.2) is 4.99 Å². The van der Waals surface area contributed by atoms with Gasteiger partial charge < -0.3 is 15.1 Å². The molecule has 0 aromatic rings. The van der Waals surface area contributed by atoms with Crippen LogP contribution in [0.4, 0.5) is 0 Å². The Labute approximate surface area is 152 Å². The molecule has 1 amide bonds. The molecule has 0 atom stereocenters. The van der Waals surface area contributed by atoms with E-state index in [9.17, 15) is 4.79 Å². The first-order chi connectivity index (χ1) is 9.63. The standard InChI is InChI=1S/C16H32N4O.HI/c1-8-9-10-17-14(18-11-13(21)19(6)7)20-12-15(2,3)16(20,4)5;/h8-12H2,1-7H3,(H,17,18);1H. The van der Waals surface area contributed by atoms with Crippen molar-refractivity contribution in [3.8, 4) is 0 Å². The molecule has 0 unspecified atom stereocenters. The van der Waals surface area contributed by atoms with Crippen molar-refractivity contribution < 1.29 is 4.79 Å². The molecule has 22 heavy (non-hydrogen) atoms. The number of carbonyl (C=O) groups is 1. The average molecular weight is 424 g/mol. The second-order valence-corrected chi connectivity index (χ2v) is 7.24. The van der Waals surface area contributed by atoms with Crippen LogP contribution < -0.4 is 5.32 Å². The molecular formula is C16H33IN4O. The molecule has 0 saturated carbocycles. The summed E-state index contributed by atoms with van der Waals surface area (Å²) in [6.07, 6.45) is 2.25. The molecule has 0 aromatic carbocycles. The highest BCUT2D eigenvalue weighted by Gasteiger charge is 2.53. The number of hydrogen-bond acceptors (Lipinski definition) is 2. The lowest BCUT2D eigenvalue weighted by atomic mass is 9.65. The van der Waals surface area contributed by atoms with E-state index in [1.165, 1.54) is 0 Å². The summed E-state index contributed by atoms with van der Waals surface area (Å²) in [5.41, 5.74) is 0.304. The van der Waals surface area contributed by atoms with Crippen LogP contribution in [0.5, 0.6) is 0 Å². The molecule has 1 fully saturated rings. The van der Waals surface area contributed by atoms with Crippen molar-refractivity contribution in [1.29, 1.82) is 0 Å². The van der Waals surface area contributed by atoms with Crippen LogP contribution >= 0.6 is 24.0 Å². The summed E-state index contributed by atoms with van der Waals surface area (Å²) >= 11 is 0. The van der Waals surface area contributed by atoms with E-state index in [2.05, 4.69) is 49.8 Å². The summed E-state index contributed by atoms with van der Waals surface area (Å²) in [5.74, 6) is 0.894. The molecular weight excluding hydrogens is 391 g/mol. The van der Waals surface area contributed by atoms with Gasteiger partial charge in [0.25, 0.3) is 0 Å². The van der Waals surface area contributed by atoms with Gasteiger partial charge >= 0.3 is 0 Å². The van der Waals surface area contributed by atoms with Crippen LogP contribution in [0.1, 0.15) is 47.5 Å². The fourth-order valence-electron chi connectivity index (χ4n) is 2.30. The highest BCUT2D eigenvalue weighted by molar-refractivity contribution is 14.0. The zero-order valence-corrected chi connectivity index (χ0v) is 17.5. The smallest absolute Gasteiger partial charge is 0.243 e. The van der Waals surface area contributed by atoms with Crippen molar-refractivity contribution in [3.05, 3.63) is 0 Å². The highest BCUT2D eigenvalue weighted by atomic mass is 127. The Kier molecular flexibility index (Phi) is 8.16. The van der Waals surface area contributed by atoms with Crippen LogP contribution in [0, 0.1) is 5.41 Å². The van der Waals surface area contributed by atoms with Gasteiger partial charge in [0.05, 0.1) is 0 Å². The fraction of sp³-hybridized carbons (Fsp3) is 0.875. The number of halogens is 1. The van der Waals surface area contributed by atoms with Crippen LogP contribution in [-0.4, -0.2) is 60.9 Å². The van der Waals surface area contributed by atoms with Gasteiger partial charge in [-0.2, -0.15) is 0 Å². The monoisotopic (exact) mass is 424 g/mol. The summed E-state index contributed by atoms with van der Waals surface area (Å²) in [6, 6.07) is 0. The van der Waals surface area contributed by atoms with Crippen molar-refractivity contribution in [3.63, 3.8) is 0 Å². The number of carbonyl (C=O) groups excluding carboxylic acids is 1. The Morgan fingerprint density at radius 1 is 1.27 bits per heavy atom. The molecule has 1 aliphatic heterocycles. The lowest BCUT2D eigenvalue weighted by Crippen LogP contribution is -2.72. The molecule has 130 valence electrons. The van der Waals surface area contributed by atoms with Crippen molar-refractivity contribution in [2.24, 2.45) is 10.4 Å². The third kappa shape index (κ3) is 4.73. The Hall–Kier alpha value is -0.530. The Balaban J connectivity index is 0.00000441. The zero-order valence-electron chi connectivity index (χ0n) is 15.2. The van der Waals surface area contributed by atoms with Crippen molar-refractivity contribution >= 4 is 35.8 Å². The molecule has 6 heteroatoms. The minimum atomic E-state index is 0. The maximum absolute atomic E-state index is 11.8. The molecule has 1 rings (SSSR count). The minimum Gasteiger partial charge on any atom is -0.356 e. The second-order valence-electron chi connectivity index (χ2n) is 7.24. The number of nitrogens with one attached hydrogen (secondary N) is 1. The Bertz CT molecular complexity index is 405. The summed E-state index contributed by atoms with van der Waals surface area (Å²) in [7, 11) is 3.53. The SMILES string of the molecule is CCCCNC(=NCC(=O)N(C)C)N1CC(C)(C)C1(C)C.I. The first-order valence-electron chi connectivity index (χ1n) is 7.89. The van der Waals surface area contributed by atoms with E-state index < -0.39 is 0 Å². The molecule has 1 aliphatic rings. The second kappa shape index (κ2) is 8.36. The molecule has 1 N–H and O–H groups in total. The third-order valence-electron chi connectivity index (χ3n) is 4.82. The van der Waals surface area contributed by atoms with Crippen LogP contribution in [0.25, 0.3) is 0 Å². The third-order valence-corrected chi connectivity index (χ3v) is 4.82. The van der Waals surface area contributed by atoms with Gasteiger partial charge in [-0.25, -0.2) is 4.99 Å². The van der Waals surface area contributed by atoms with E-state index in [1.807, 2.05) is 0 Å². The first-order valence-corrected chi connectivity index (χ1v) is 7.89. The normalized spacial score (nSPS) is 19.0. The van der Waals surface area contributed by atoms with Gasteiger partial charge in [-0.1, -0.05) is 27.2 Å². The van der Waals surface area contributed by atoms with Gasteiger partial charge in [-0.15, -0.1) is 24.0 Å². The maximum atomic E-state index is 11.8. The largest absolute Gasteiger partial charge is 0.356 e. The van der Waals surface area contributed by atoms with Crippen LogP contribution in [-0.2, 0) is 4.79 Å².